The zero-order chi connectivity index (χ0) is 13.1. The summed E-state index contributed by atoms with van der Waals surface area (Å²) >= 11 is 0. The Hall–Kier alpha value is -0.570. The maximum Gasteiger partial charge on any atom is 0.224 e. The van der Waals surface area contributed by atoms with Crippen LogP contribution in [0, 0.1) is 5.92 Å². The van der Waals surface area contributed by atoms with Gasteiger partial charge in [-0.2, -0.15) is 0 Å². The van der Waals surface area contributed by atoms with Gasteiger partial charge in [0.25, 0.3) is 0 Å². The molecule has 1 N–H and O–H groups in total. The first-order valence-corrected chi connectivity index (χ1v) is 6.86. The minimum Gasteiger partial charge on any atom is -0.339 e. The lowest BCUT2D eigenvalue weighted by Crippen LogP contribution is -2.42. The molecule has 3 heteroatoms. The Bertz CT molecular complexity index is 255. The fourth-order valence-corrected chi connectivity index (χ4v) is 2.48. The summed E-state index contributed by atoms with van der Waals surface area (Å²) in [6, 6.07) is 0.470. The molecule has 0 aromatic carbocycles. The molecule has 1 saturated heterocycles. The van der Waals surface area contributed by atoms with Gasteiger partial charge in [-0.1, -0.05) is 13.8 Å². The number of nitrogens with one attached hydrogen (secondary N) is 1. The van der Waals surface area contributed by atoms with E-state index in [1.165, 1.54) is 12.8 Å². The third-order valence-corrected chi connectivity index (χ3v) is 3.38. The van der Waals surface area contributed by atoms with Gasteiger partial charge in [-0.25, -0.2) is 0 Å². The summed E-state index contributed by atoms with van der Waals surface area (Å²) in [5.41, 5.74) is 0.0999. The minimum absolute atomic E-state index is 0.0999. The number of rotatable bonds is 4. The Morgan fingerprint density at radius 3 is 2.59 bits per heavy atom. The molecule has 1 heterocycles. The van der Waals surface area contributed by atoms with Crippen molar-refractivity contribution in [2.75, 3.05) is 13.1 Å². The topological polar surface area (TPSA) is 32.3 Å². The zero-order valence-corrected chi connectivity index (χ0v) is 12.0. The van der Waals surface area contributed by atoms with E-state index < -0.39 is 0 Å². The predicted octanol–water partition coefficient (Wildman–Crippen LogP) is 2.41. The second kappa shape index (κ2) is 5.85. The van der Waals surface area contributed by atoms with Crippen molar-refractivity contribution >= 4 is 5.91 Å². The Kier molecular flexibility index (Phi) is 4.99. The molecule has 1 rings (SSSR count). The lowest BCUT2D eigenvalue weighted by atomic mass is 10.0. The number of nitrogens with zero attached hydrogens (tertiary/aromatic N) is 1. The molecule has 100 valence electrons. The van der Waals surface area contributed by atoms with E-state index >= 15 is 0 Å². The average Bonchev–Trinajstić information content (AvgIpc) is 2.63. The van der Waals surface area contributed by atoms with Crippen molar-refractivity contribution < 1.29 is 4.79 Å². The van der Waals surface area contributed by atoms with Gasteiger partial charge in [0.1, 0.15) is 0 Å². The van der Waals surface area contributed by atoms with E-state index in [0.717, 1.165) is 13.1 Å². The summed E-state index contributed by atoms with van der Waals surface area (Å²) in [5.74, 6) is 0.898. The highest BCUT2D eigenvalue weighted by Gasteiger charge is 2.30. The van der Waals surface area contributed by atoms with Gasteiger partial charge in [0, 0.05) is 31.1 Å². The Balaban J connectivity index is 2.37. The SMILES string of the molecule is CC(C)C1CCCN1C(=O)CCNC(C)(C)C. The highest BCUT2D eigenvalue weighted by molar-refractivity contribution is 5.77. The lowest BCUT2D eigenvalue weighted by Gasteiger charge is -2.28. The zero-order valence-electron chi connectivity index (χ0n) is 12.0. The normalized spacial score (nSPS) is 21.3. The summed E-state index contributed by atoms with van der Waals surface area (Å²) in [4.78, 5) is 14.2. The maximum atomic E-state index is 12.1. The van der Waals surface area contributed by atoms with Gasteiger partial charge in [-0.15, -0.1) is 0 Å². The van der Waals surface area contributed by atoms with Crippen LogP contribution in [0.3, 0.4) is 0 Å². The van der Waals surface area contributed by atoms with Crippen molar-refractivity contribution in [3.63, 3.8) is 0 Å². The molecule has 1 unspecified atom stereocenters. The first-order chi connectivity index (χ1) is 7.81. The molecular formula is C14H28N2O. The van der Waals surface area contributed by atoms with Crippen LogP contribution >= 0.6 is 0 Å². The van der Waals surface area contributed by atoms with Crippen LogP contribution in [0.2, 0.25) is 0 Å². The van der Waals surface area contributed by atoms with Crippen molar-refractivity contribution in [2.24, 2.45) is 5.92 Å². The molecule has 0 radical (unpaired) electrons. The summed E-state index contributed by atoms with van der Waals surface area (Å²) in [7, 11) is 0. The molecule has 0 spiro atoms. The molecule has 1 aliphatic heterocycles. The first kappa shape index (κ1) is 14.5. The number of likely N-dealkylation sites (tertiary alicyclic amines) is 1. The van der Waals surface area contributed by atoms with Crippen molar-refractivity contribution in [1.29, 1.82) is 0 Å². The van der Waals surface area contributed by atoms with E-state index in [1.807, 2.05) is 0 Å². The summed E-state index contributed by atoms with van der Waals surface area (Å²) in [5, 5.41) is 3.37. The van der Waals surface area contributed by atoms with E-state index in [9.17, 15) is 4.79 Å². The number of carbonyl (C=O) groups is 1. The van der Waals surface area contributed by atoms with Crippen LogP contribution in [-0.4, -0.2) is 35.5 Å². The third-order valence-electron chi connectivity index (χ3n) is 3.38. The van der Waals surface area contributed by atoms with Crippen LogP contribution in [0.1, 0.15) is 53.9 Å². The molecular weight excluding hydrogens is 212 g/mol. The molecule has 0 saturated carbocycles. The Labute approximate surface area is 106 Å². The molecule has 0 aromatic rings. The van der Waals surface area contributed by atoms with Gasteiger partial charge in [-0.05, 0) is 39.5 Å². The van der Waals surface area contributed by atoms with Crippen molar-refractivity contribution in [3.05, 3.63) is 0 Å². The predicted molar refractivity (Wildman–Crippen MR) is 71.9 cm³/mol. The largest absolute Gasteiger partial charge is 0.339 e. The number of amides is 1. The monoisotopic (exact) mass is 240 g/mol. The first-order valence-electron chi connectivity index (χ1n) is 6.86. The van der Waals surface area contributed by atoms with E-state index in [2.05, 4.69) is 44.8 Å². The van der Waals surface area contributed by atoms with Crippen LogP contribution in [-0.2, 0) is 4.79 Å². The van der Waals surface area contributed by atoms with Crippen LogP contribution in [0.4, 0.5) is 0 Å². The standard InChI is InChI=1S/C14H28N2O/c1-11(2)12-7-6-10-16(12)13(17)8-9-15-14(3,4)5/h11-12,15H,6-10H2,1-5H3. The summed E-state index contributed by atoms with van der Waals surface area (Å²) in [6.07, 6.45) is 2.97. The van der Waals surface area contributed by atoms with Gasteiger partial charge < -0.3 is 10.2 Å². The maximum absolute atomic E-state index is 12.1. The number of carbonyl (C=O) groups excluding carboxylic acids is 1. The smallest absolute Gasteiger partial charge is 0.224 e. The van der Waals surface area contributed by atoms with E-state index in [-0.39, 0.29) is 5.54 Å². The van der Waals surface area contributed by atoms with Crippen molar-refractivity contribution in [3.8, 4) is 0 Å². The Morgan fingerprint density at radius 1 is 1.41 bits per heavy atom. The molecule has 17 heavy (non-hydrogen) atoms. The van der Waals surface area contributed by atoms with Crippen molar-refractivity contribution in [1.82, 2.24) is 10.2 Å². The fourth-order valence-electron chi connectivity index (χ4n) is 2.48. The number of hydrogen-bond donors (Lipinski definition) is 1. The highest BCUT2D eigenvalue weighted by Crippen LogP contribution is 2.24. The quantitative estimate of drug-likeness (QED) is 0.818. The highest BCUT2D eigenvalue weighted by atomic mass is 16.2. The molecule has 0 bridgehead atoms. The molecule has 1 fully saturated rings. The number of hydrogen-bond acceptors (Lipinski definition) is 2. The van der Waals surface area contributed by atoms with Gasteiger partial charge in [0.2, 0.25) is 5.91 Å². The fraction of sp³-hybridized carbons (Fsp3) is 0.929. The van der Waals surface area contributed by atoms with Crippen LogP contribution in [0.15, 0.2) is 0 Å². The van der Waals surface area contributed by atoms with Gasteiger partial charge in [-0.3, -0.25) is 4.79 Å². The van der Waals surface area contributed by atoms with Crippen LogP contribution < -0.4 is 5.32 Å². The minimum atomic E-state index is 0.0999. The second-order valence-corrected chi connectivity index (χ2v) is 6.47. The lowest BCUT2D eigenvalue weighted by molar-refractivity contribution is -0.132. The summed E-state index contributed by atoms with van der Waals surface area (Å²) in [6.45, 7) is 12.5. The molecule has 0 aliphatic carbocycles. The molecule has 1 amide bonds. The van der Waals surface area contributed by atoms with Crippen LogP contribution in [0.5, 0.6) is 0 Å². The Morgan fingerprint density at radius 2 is 2.06 bits per heavy atom. The van der Waals surface area contributed by atoms with E-state index in [1.54, 1.807) is 0 Å². The van der Waals surface area contributed by atoms with Crippen LogP contribution in [0.25, 0.3) is 0 Å². The molecule has 0 aromatic heterocycles. The molecule has 1 aliphatic rings. The van der Waals surface area contributed by atoms with Gasteiger partial charge >= 0.3 is 0 Å². The average molecular weight is 240 g/mol. The van der Waals surface area contributed by atoms with E-state index in [0.29, 0.717) is 24.3 Å². The van der Waals surface area contributed by atoms with E-state index in [4.69, 9.17) is 0 Å². The molecule has 3 nitrogen and oxygen atoms in total. The summed E-state index contributed by atoms with van der Waals surface area (Å²) < 4.78 is 0. The molecule has 1 atom stereocenters. The van der Waals surface area contributed by atoms with Crippen molar-refractivity contribution in [2.45, 2.75) is 65.5 Å². The van der Waals surface area contributed by atoms with Gasteiger partial charge in [0.15, 0.2) is 0 Å². The van der Waals surface area contributed by atoms with Gasteiger partial charge in [0.05, 0.1) is 0 Å². The second-order valence-electron chi connectivity index (χ2n) is 6.47. The third kappa shape index (κ3) is 4.66.